The summed E-state index contributed by atoms with van der Waals surface area (Å²) in [7, 11) is 2.22. The van der Waals surface area contributed by atoms with Crippen LogP contribution in [0.5, 0.6) is 0 Å². The highest BCUT2D eigenvalue weighted by Crippen LogP contribution is 2.25. The third kappa shape index (κ3) is 3.60. The second-order valence-corrected chi connectivity index (χ2v) is 6.08. The van der Waals surface area contributed by atoms with Crippen LogP contribution < -0.4 is 5.73 Å². The van der Waals surface area contributed by atoms with Crippen molar-refractivity contribution < 1.29 is 0 Å². The fourth-order valence-corrected chi connectivity index (χ4v) is 3.57. The van der Waals surface area contributed by atoms with Crippen LogP contribution in [0.2, 0.25) is 0 Å². The number of benzene rings is 1. The van der Waals surface area contributed by atoms with Gasteiger partial charge in [0.15, 0.2) is 0 Å². The van der Waals surface area contributed by atoms with E-state index in [4.69, 9.17) is 5.73 Å². The molecule has 3 unspecified atom stereocenters. The molecule has 2 rings (SSSR count). The monoisotopic (exact) mass is 275 g/mol. The maximum Gasteiger partial charge on any atom is 0.0494 e. The van der Waals surface area contributed by atoms with Crippen LogP contribution in [0.25, 0.3) is 0 Å². The largest absolute Gasteiger partial charge is 0.326 e. The summed E-state index contributed by atoms with van der Waals surface area (Å²) in [6.45, 7) is 7.89. The Labute approximate surface area is 123 Å². The Hall–Kier alpha value is -0.900. The summed E-state index contributed by atoms with van der Waals surface area (Å²) in [5.74, 6) is 0. The van der Waals surface area contributed by atoms with Crippen LogP contribution in [-0.4, -0.2) is 48.6 Å². The van der Waals surface area contributed by atoms with Gasteiger partial charge in [-0.2, -0.15) is 0 Å². The van der Waals surface area contributed by atoms with E-state index in [0.29, 0.717) is 12.1 Å². The Bertz CT molecular complexity index is 390. The van der Waals surface area contributed by atoms with Crippen molar-refractivity contribution >= 4 is 0 Å². The average Bonchev–Trinajstić information content (AvgIpc) is 2.86. The van der Waals surface area contributed by atoms with Crippen molar-refractivity contribution in [3.05, 3.63) is 35.9 Å². The topological polar surface area (TPSA) is 32.5 Å². The first kappa shape index (κ1) is 15.5. The van der Waals surface area contributed by atoms with E-state index in [1.807, 2.05) is 0 Å². The third-order valence-electron chi connectivity index (χ3n) is 4.52. The summed E-state index contributed by atoms with van der Waals surface area (Å²) in [6, 6.07) is 11.8. The second kappa shape index (κ2) is 7.21. The molecule has 0 bridgehead atoms. The molecule has 0 aliphatic carbocycles. The van der Waals surface area contributed by atoms with Crippen molar-refractivity contribution in [3.8, 4) is 0 Å². The highest BCUT2D eigenvalue weighted by molar-refractivity contribution is 5.20. The highest BCUT2D eigenvalue weighted by Gasteiger charge is 2.28. The molecule has 1 aromatic carbocycles. The molecule has 0 amide bonds. The Morgan fingerprint density at radius 1 is 1.35 bits per heavy atom. The van der Waals surface area contributed by atoms with Gasteiger partial charge in [0.25, 0.3) is 0 Å². The van der Waals surface area contributed by atoms with Gasteiger partial charge in [-0.25, -0.2) is 0 Å². The molecule has 0 radical (unpaired) electrons. The fourth-order valence-electron chi connectivity index (χ4n) is 3.57. The van der Waals surface area contributed by atoms with Crippen LogP contribution in [0.15, 0.2) is 30.3 Å². The second-order valence-electron chi connectivity index (χ2n) is 6.08. The van der Waals surface area contributed by atoms with E-state index < -0.39 is 0 Å². The van der Waals surface area contributed by atoms with Crippen LogP contribution in [0.4, 0.5) is 0 Å². The molecule has 3 heteroatoms. The summed E-state index contributed by atoms with van der Waals surface area (Å²) in [5.41, 5.74) is 7.58. The van der Waals surface area contributed by atoms with Crippen LogP contribution in [0.1, 0.15) is 38.3 Å². The summed E-state index contributed by atoms with van der Waals surface area (Å²) < 4.78 is 0. The maximum absolute atomic E-state index is 6.26. The highest BCUT2D eigenvalue weighted by atomic mass is 15.2. The van der Waals surface area contributed by atoms with E-state index in [-0.39, 0.29) is 6.04 Å². The first-order chi connectivity index (χ1) is 9.63. The lowest BCUT2D eigenvalue weighted by molar-refractivity contribution is 0.151. The zero-order chi connectivity index (χ0) is 14.5. The molecule has 2 N–H and O–H groups in total. The Kier molecular flexibility index (Phi) is 5.58. The molecule has 1 aliphatic heterocycles. The van der Waals surface area contributed by atoms with Gasteiger partial charge < -0.3 is 5.73 Å². The van der Waals surface area contributed by atoms with Gasteiger partial charge in [0.1, 0.15) is 0 Å². The summed E-state index contributed by atoms with van der Waals surface area (Å²) >= 11 is 0. The maximum atomic E-state index is 6.26. The van der Waals surface area contributed by atoms with E-state index in [1.165, 1.54) is 24.9 Å². The smallest absolute Gasteiger partial charge is 0.0494 e. The van der Waals surface area contributed by atoms with Crippen LogP contribution in [0.3, 0.4) is 0 Å². The first-order valence-corrected chi connectivity index (χ1v) is 7.88. The molecule has 3 atom stereocenters. The number of rotatable bonds is 6. The van der Waals surface area contributed by atoms with Crippen molar-refractivity contribution in [2.75, 3.05) is 26.7 Å². The van der Waals surface area contributed by atoms with Gasteiger partial charge in [0.05, 0.1) is 0 Å². The summed E-state index contributed by atoms with van der Waals surface area (Å²) in [5, 5.41) is 0. The van der Waals surface area contributed by atoms with E-state index in [1.54, 1.807) is 0 Å². The number of hydrogen-bond acceptors (Lipinski definition) is 3. The molecule has 1 heterocycles. The van der Waals surface area contributed by atoms with Gasteiger partial charge in [-0.3, -0.25) is 9.80 Å². The number of nitrogens with zero attached hydrogens (tertiary/aromatic N) is 2. The quantitative estimate of drug-likeness (QED) is 0.866. The minimum absolute atomic E-state index is 0.138. The normalized spacial score (nSPS) is 23.1. The molecule has 1 saturated heterocycles. The Morgan fingerprint density at radius 3 is 2.65 bits per heavy atom. The zero-order valence-electron chi connectivity index (χ0n) is 13.1. The number of likely N-dealkylation sites (N-methyl/N-ethyl adjacent to an activating group) is 2. The molecule has 112 valence electrons. The molecular formula is C17H29N3. The lowest BCUT2D eigenvalue weighted by Crippen LogP contribution is -2.44. The van der Waals surface area contributed by atoms with Gasteiger partial charge >= 0.3 is 0 Å². The molecule has 1 fully saturated rings. The molecule has 0 saturated carbocycles. The van der Waals surface area contributed by atoms with Crippen LogP contribution in [-0.2, 0) is 0 Å². The van der Waals surface area contributed by atoms with Gasteiger partial charge in [0, 0.05) is 24.7 Å². The zero-order valence-corrected chi connectivity index (χ0v) is 13.1. The van der Waals surface area contributed by atoms with Crippen LogP contribution >= 0.6 is 0 Å². The van der Waals surface area contributed by atoms with Gasteiger partial charge in [-0.1, -0.05) is 37.3 Å². The van der Waals surface area contributed by atoms with Crippen molar-refractivity contribution in [2.24, 2.45) is 5.73 Å². The summed E-state index contributed by atoms with van der Waals surface area (Å²) in [4.78, 5) is 5.04. The molecule has 0 spiro atoms. The van der Waals surface area contributed by atoms with Crippen molar-refractivity contribution in [2.45, 2.75) is 44.8 Å². The predicted molar refractivity (Wildman–Crippen MR) is 85.7 cm³/mol. The van der Waals surface area contributed by atoms with Gasteiger partial charge in [0.2, 0.25) is 0 Å². The molecular weight excluding hydrogens is 246 g/mol. The Morgan fingerprint density at radius 2 is 2.05 bits per heavy atom. The SMILES string of the molecule is CCN1CCCC1CN(C)C(c1ccccc1)C(C)N. The van der Waals surface area contributed by atoms with Crippen molar-refractivity contribution in [1.82, 2.24) is 9.80 Å². The first-order valence-electron chi connectivity index (χ1n) is 7.88. The molecule has 1 aromatic rings. The van der Waals surface area contributed by atoms with Crippen molar-refractivity contribution in [3.63, 3.8) is 0 Å². The van der Waals surface area contributed by atoms with Crippen molar-refractivity contribution in [1.29, 1.82) is 0 Å². The molecule has 20 heavy (non-hydrogen) atoms. The lowest BCUT2D eigenvalue weighted by Gasteiger charge is -2.35. The van der Waals surface area contributed by atoms with Gasteiger partial charge in [-0.05, 0) is 45.5 Å². The Balaban J connectivity index is 2.06. The van der Waals surface area contributed by atoms with E-state index in [9.17, 15) is 0 Å². The third-order valence-corrected chi connectivity index (χ3v) is 4.52. The van der Waals surface area contributed by atoms with E-state index >= 15 is 0 Å². The minimum atomic E-state index is 0.138. The van der Waals surface area contributed by atoms with E-state index in [2.05, 4.69) is 61.0 Å². The minimum Gasteiger partial charge on any atom is -0.326 e. The van der Waals surface area contributed by atoms with E-state index in [0.717, 1.165) is 13.1 Å². The van der Waals surface area contributed by atoms with Gasteiger partial charge in [-0.15, -0.1) is 0 Å². The fraction of sp³-hybridized carbons (Fsp3) is 0.647. The summed E-state index contributed by atoms with van der Waals surface area (Å²) in [6.07, 6.45) is 2.65. The molecule has 1 aliphatic rings. The molecule has 0 aromatic heterocycles. The average molecular weight is 275 g/mol. The number of nitrogens with two attached hydrogens (primary N) is 1. The lowest BCUT2D eigenvalue weighted by atomic mass is 9.99. The van der Waals surface area contributed by atoms with Crippen LogP contribution in [0, 0.1) is 0 Å². The standard InChI is InChI=1S/C17H29N3/c1-4-20-12-8-11-16(20)13-19(3)17(14(2)18)15-9-6-5-7-10-15/h5-7,9-10,14,16-17H,4,8,11-13,18H2,1-3H3. The number of hydrogen-bond donors (Lipinski definition) is 1. The predicted octanol–water partition coefficient (Wildman–Crippen LogP) is 2.49. The number of likely N-dealkylation sites (tertiary alicyclic amines) is 1. The molecule has 3 nitrogen and oxygen atoms in total.